The van der Waals surface area contributed by atoms with E-state index in [4.69, 9.17) is 0 Å². The Kier molecular flexibility index (Phi) is 5.56. The summed E-state index contributed by atoms with van der Waals surface area (Å²) >= 11 is 4.28. The largest absolute Gasteiger partial charge is 0.480 e. The molecule has 0 saturated heterocycles. The quantitative estimate of drug-likeness (QED) is 0.570. The average molecular weight is 456 g/mol. The van der Waals surface area contributed by atoms with Crippen molar-refractivity contribution in [2.45, 2.75) is 16.7 Å². The summed E-state index contributed by atoms with van der Waals surface area (Å²) in [6, 6.07) is 10.7. The summed E-state index contributed by atoms with van der Waals surface area (Å²) in [6.45, 7) is 0. The number of rotatable bonds is 7. The van der Waals surface area contributed by atoms with Crippen molar-refractivity contribution in [1.82, 2.24) is 14.5 Å². The fraction of sp³-hybridized carbons (Fsp3) is 0.125. The second kappa shape index (κ2) is 7.70. The fourth-order valence-corrected chi connectivity index (χ4v) is 4.99. The van der Waals surface area contributed by atoms with E-state index in [1.807, 2.05) is 6.07 Å². The number of hydrogen-bond donors (Lipinski definition) is 2. The van der Waals surface area contributed by atoms with Crippen LogP contribution in [0.2, 0.25) is 0 Å². The van der Waals surface area contributed by atoms with Gasteiger partial charge in [-0.3, -0.25) is 4.79 Å². The molecular weight excluding hydrogens is 442 g/mol. The Morgan fingerprint density at radius 2 is 2.00 bits per heavy atom. The predicted octanol–water partition coefficient (Wildman–Crippen LogP) is 2.67. The van der Waals surface area contributed by atoms with Gasteiger partial charge in [0.25, 0.3) is 10.0 Å². The summed E-state index contributed by atoms with van der Waals surface area (Å²) in [6.07, 6.45) is 3.34. The first-order valence-electron chi connectivity index (χ1n) is 7.44. The molecule has 0 saturated carbocycles. The molecule has 2 heterocycles. The van der Waals surface area contributed by atoms with E-state index in [0.29, 0.717) is 5.00 Å². The lowest BCUT2D eigenvalue weighted by Crippen LogP contribution is -2.42. The van der Waals surface area contributed by atoms with Crippen LogP contribution in [-0.2, 0) is 21.2 Å². The highest BCUT2D eigenvalue weighted by Gasteiger charge is 2.27. The molecule has 3 rings (SSSR count). The maximum absolute atomic E-state index is 12.6. The molecule has 10 heteroatoms. The minimum absolute atomic E-state index is 0.0263. The van der Waals surface area contributed by atoms with Gasteiger partial charge in [0.1, 0.15) is 15.3 Å². The lowest BCUT2D eigenvalue weighted by molar-refractivity contribution is -0.138. The fourth-order valence-electron chi connectivity index (χ4n) is 2.27. The van der Waals surface area contributed by atoms with E-state index >= 15 is 0 Å². The number of nitrogens with zero attached hydrogens (tertiary/aromatic N) is 2. The maximum Gasteiger partial charge on any atom is 0.322 e. The van der Waals surface area contributed by atoms with Gasteiger partial charge in [-0.05, 0) is 40.0 Å². The van der Waals surface area contributed by atoms with E-state index in [1.54, 1.807) is 42.7 Å². The molecule has 0 radical (unpaired) electrons. The van der Waals surface area contributed by atoms with Crippen LogP contribution >= 0.6 is 27.3 Å². The molecule has 0 bridgehead atoms. The van der Waals surface area contributed by atoms with E-state index in [9.17, 15) is 18.3 Å². The number of halogens is 1. The number of benzene rings is 1. The number of carboxylic acids is 1. The van der Waals surface area contributed by atoms with Crippen molar-refractivity contribution in [2.24, 2.45) is 0 Å². The Balaban J connectivity index is 1.80. The number of carbonyl (C=O) groups is 1. The number of aliphatic carboxylic acids is 1. The molecule has 0 spiro atoms. The molecule has 1 atom stereocenters. The summed E-state index contributed by atoms with van der Waals surface area (Å²) < 4.78 is 29.8. The van der Waals surface area contributed by atoms with Gasteiger partial charge in [0, 0.05) is 6.20 Å². The monoisotopic (exact) mass is 455 g/mol. The lowest BCUT2D eigenvalue weighted by Gasteiger charge is -2.14. The average Bonchev–Trinajstić information content (AvgIpc) is 3.24. The Bertz CT molecular complexity index is 1020. The third-order valence-corrected chi connectivity index (χ3v) is 6.93. The first kappa shape index (κ1) is 18.8. The topological polar surface area (TPSA) is 101 Å². The third-order valence-electron chi connectivity index (χ3n) is 3.49. The molecule has 0 aliphatic rings. The first-order valence-corrected chi connectivity index (χ1v) is 10.5. The van der Waals surface area contributed by atoms with Crippen LogP contribution in [0.25, 0.3) is 5.00 Å². The number of thiophene rings is 1. The zero-order valence-electron chi connectivity index (χ0n) is 13.2. The van der Waals surface area contributed by atoms with Gasteiger partial charge in [0.15, 0.2) is 0 Å². The SMILES string of the molecule is O=C(O)C(Cc1ccccc1)NS(=O)(=O)c1ccc(-n2cc(Br)cn2)s1. The molecule has 7 nitrogen and oxygen atoms in total. The molecule has 26 heavy (non-hydrogen) atoms. The normalized spacial score (nSPS) is 12.8. The van der Waals surface area contributed by atoms with Gasteiger partial charge >= 0.3 is 5.97 Å². The molecular formula is C16H14BrN3O4S2. The Hall–Kier alpha value is -2.01. The van der Waals surface area contributed by atoms with E-state index in [2.05, 4.69) is 25.8 Å². The van der Waals surface area contributed by atoms with E-state index in [-0.39, 0.29) is 10.6 Å². The van der Waals surface area contributed by atoms with E-state index in [0.717, 1.165) is 21.4 Å². The summed E-state index contributed by atoms with van der Waals surface area (Å²) in [5.41, 5.74) is 0.732. The number of sulfonamides is 1. The van der Waals surface area contributed by atoms with Crippen molar-refractivity contribution < 1.29 is 18.3 Å². The zero-order chi connectivity index (χ0) is 18.7. The van der Waals surface area contributed by atoms with Crippen LogP contribution in [0, 0.1) is 0 Å². The van der Waals surface area contributed by atoms with Crippen LogP contribution in [0.1, 0.15) is 5.56 Å². The van der Waals surface area contributed by atoms with E-state index < -0.39 is 22.0 Å². The molecule has 2 N–H and O–H groups in total. The van der Waals surface area contributed by atoms with Gasteiger partial charge in [-0.15, -0.1) is 11.3 Å². The van der Waals surface area contributed by atoms with Crippen LogP contribution < -0.4 is 4.72 Å². The highest BCUT2D eigenvalue weighted by Crippen LogP contribution is 2.25. The van der Waals surface area contributed by atoms with Crippen LogP contribution in [0.15, 0.2) is 63.5 Å². The zero-order valence-corrected chi connectivity index (χ0v) is 16.5. The van der Waals surface area contributed by atoms with Gasteiger partial charge < -0.3 is 5.11 Å². The Morgan fingerprint density at radius 3 is 2.62 bits per heavy atom. The summed E-state index contributed by atoms with van der Waals surface area (Å²) in [7, 11) is -3.97. The van der Waals surface area contributed by atoms with Gasteiger partial charge in [0.2, 0.25) is 0 Å². The first-order chi connectivity index (χ1) is 12.3. The summed E-state index contributed by atoms with van der Waals surface area (Å²) in [5, 5.41) is 14.1. The predicted molar refractivity (Wildman–Crippen MR) is 101 cm³/mol. The molecule has 0 fully saturated rings. The van der Waals surface area contributed by atoms with Gasteiger partial charge in [-0.1, -0.05) is 30.3 Å². The van der Waals surface area contributed by atoms with Gasteiger partial charge in [0.05, 0.1) is 10.7 Å². The Morgan fingerprint density at radius 1 is 1.27 bits per heavy atom. The van der Waals surface area contributed by atoms with Gasteiger partial charge in [-0.25, -0.2) is 13.1 Å². The second-order valence-electron chi connectivity index (χ2n) is 5.40. The smallest absolute Gasteiger partial charge is 0.322 e. The summed E-state index contributed by atoms with van der Waals surface area (Å²) in [5.74, 6) is -1.23. The molecule has 0 aliphatic carbocycles. The molecule has 0 amide bonds. The standard InChI is InChI=1S/C16H14BrN3O4S2/c17-12-9-18-20(10-12)14-6-7-15(25-14)26(23,24)19-13(16(21)22)8-11-4-2-1-3-5-11/h1-7,9-10,13,19H,8H2,(H,21,22). The molecule has 2 aromatic heterocycles. The highest BCUT2D eigenvalue weighted by molar-refractivity contribution is 9.10. The van der Waals surface area contributed by atoms with Crippen LogP contribution in [0.5, 0.6) is 0 Å². The number of aromatic nitrogens is 2. The molecule has 0 aliphatic heterocycles. The lowest BCUT2D eigenvalue weighted by atomic mass is 10.1. The number of hydrogen-bond acceptors (Lipinski definition) is 5. The van der Waals surface area contributed by atoms with E-state index in [1.165, 1.54) is 10.7 Å². The van der Waals surface area contributed by atoms with Crippen molar-refractivity contribution in [3.05, 3.63) is 64.9 Å². The molecule has 3 aromatic rings. The molecule has 1 unspecified atom stereocenters. The third kappa shape index (κ3) is 4.39. The van der Waals surface area contributed by atoms with Crippen molar-refractivity contribution in [3.63, 3.8) is 0 Å². The number of carboxylic acid groups (broad SMARTS) is 1. The minimum Gasteiger partial charge on any atom is -0.480 e. The molecule has 1 aromatic carbocycles. The van der Waals surface area contributed by atoms with Crippen LogP contribution in [0.3, 0.4) is 0 Å². The highest BCUT2D eigenvalue weighted by atomic mass is 79.9. The van der Waals surface area contributed by atoms with Crippen molar-refractivity contribution in [3.8, 4) is 5.00 Å². The molecule has 136 valence electrons. The van der Waals surface area contributed by atoms with Crippen LogP contribution in [0.4, 0.5) is 0 Å². The van der Waals surface area contributed by atoms with Crippen LogP contribution in [-0.4, -0.2) is 35.3 Å². The Labute approximate surface area is 162 Å². The van der Waals surface area contributed by atoms with Crippen molar-refractivity contribution >= 4 is 43.3 Å². The van der Waals surface area contributed by atoms with Gasteiger partial charge in [-0.2, -0.15) is 9.82 Å². The summed E-state index contributed by atoms with van der Waals surface area (Å²) in [4.78, 5) is 11.5. The minimum atomic E-state index is -3.97. The number of nitrogens with one attached hydrogen (secondary N) is 1. The maximum atomic E-state index is 12.6. The second-order valence-corrected chi connectivity index (χ2v) is 9.32. The van der Waals surface area contributed by atoms with Crippen molar-refractivity contribution in [2.75, 3.05) is 0 Å². The van der Waals surface area contributed by atoms with Crippen molar-refractivity contribution in [1.29, 1.82) is 0 Å².